The van der Waals surface area contributed by atoms with Crippen LogP contribution in [0.1, 0.15) is 35.2 Å². The Balaban J connectivity index is 1.94. The van der Waals surface area contributed by atoms with Gasteiger partial charge in [0.05, 0.1) is 19.3 Å². The molecule has 154 valence electrons. The first-order chi connectivity index (χ1) is 13.8. The van der Waals surface area contributed by atoms with Gasteiger partial charge in [-0.25, -0.2) is 4.79 Å². The number of carbonyl (C=O) groups is 2. The third-order valence-corrected chi connectivity index (χ3v) is 5.33. The van der Waals surface area contributed by atoms with Crippen molar-refractivity contribution in [1.82, 2.24) is 4.98 Å². The Bertz CT molecular complexity index is 932. The summed E-state index contributed by atoms with van der Waals surface area (Å²) in [5, 5.41) is 9.90. The Morgan fingerprint density at radius 2 is 1.90 bits per heavy atom. The zero-order valence-electron chi connectivity index (χ0n) is 17.4. The SMILES string of the molecule is COc1c(C)cnc(CN(C(=O)O)c2cc(C)cc(N3CCC(=O)CC3)c2)c1C. The highest BCUT2D eigenvalue weighted by Crippen LogP contribution is 2.30. The van der Waals surface area contributed by atoms with Crippen LogP contribution in [0.4, 0.5) is 16.2 Å². The summed E-state index contributed by atoms with van der Waals surface area (Å²) in [6.07, 6.45) is 1.71. The summed E-state index contributed by atoms with van der Waals surface area (Å²) in [5.41, 5.74) is 4.89. The number of hydrogen-bond donors (Lipinski definition) is 1. The lowest BCUT2D eigenvalue weighted by Crippen LogP contribution is -2.34. The van der Waals surface area contributed by atoms with Gasteiger partial charge in [0.15, 0.2) is 0 Å². The predicted octanol–water partition coefficient (Wildman–Crippen LogP) is 3.87. The number of rotatable bonds is 5. The molecule has 1 amide bonds. The van der Waals surface area contributed by atoms with Gasteiger partial charge in [-0.1, -0.05) is 0 Å². The maximum Gasteiger partial charge on any atom is 0.412 e. The maximum absolute atomic E-state index is 12.1. The van der Waals surface area contributed by atoms with Gasteiger partial charge in [-0.3, -0.25) is 14.7 Å². The normalized spacial score (nSPS) is 14.1. The van der Waals surface area contributed by atoms with Crippen LogP contribution in [0.3, 0.4) is 0 Å². The third-order valence-electron chi connectivity index (χ3n) is 5.33. The topological polar surface area (TPSA) is 83.0 Å². The van der Waals surface area contributed by atoms with Gasteiger partial charge in [0.1, 0.15) is 11.5 Å². The number of benzene rings is 1. The summed E-state index contributed by atoms with van der Waals surface area (Å²) >= 11 is 0. The maximum atomic E-state index is 12.1. The molecule has 7 heteroatoms. The first-order valence-electron chi connectivity index (χ1n) is 9.68. The smallest absolute Gasteiger partial charge is 0.412 e. The Hall–Kier alpha value is -3.09. The Labute approximate surface area is 170 Å². The van der Waals surface area contributed by atoms with Crippen LogP contribution in [-0.4, -0.2) is 42.2 Å². The summed E-state index contributed by atoms with van der Waals surface area (Å²) in [6.45, 7) is 7.18. The minimum Gasteiger partial charge on any atom is -0.496 e. The first-order valence-corrected chi connectivity index (χ1v) is 9.68. The molecule has 1 aromatic heterocycles. The van der Waals surface area contributed by atoms with Gasteiger partial charge in [0.2, 0.25) is 0 Å². The predicted molar refractivity (Wildman–Crippen MR) is 112 cm³/mol. The number of Topliss-reactive ketones (excluding diaryl/α,β-unsaturated/α-hetero) is 1. The van der Waals surface area contributed by atoms with Crippen LogP contribution in [0, 0.1) is 20.8 Å². The van der Waals surface area contributed by atoms with E-state index in [1.807, 2.05) is 39.0 Å². The van der Waals surface area contributed by atoms with Crippen molar-refractivity contribution in [3.8, 4) is 5.75 Å². The number of carboxylic acid groups (broad SMARTS) is 1. The van der Waals surface area contributed by atoms with Crippen molar-refractivity contribution in [3.05, 3.63) is 46.8 Å². The van der Waals surface area contributed by atoms with Crippen LogP contribution in [0.25, 0.3) is 0 Å². The van der Waals surface area contributed by atoms with E-state index in [1.54, 1.807) is 13.3 Å². The number of hydrogen-bond acceptors (Lipinski definition) is 5. The van der Waals surface area contributed by atoms with E-state index in [4.69, 9.17) is 4.74 Å². The number of carbonyl (C=O) groups excluding carboxylic acids is 1. The van der Waals surface area contributed by atoms with Crippen molar-refractivity contribution in [2.45, 2.75) is 40.2 Å². The molecule has 1 N–H and O–H groups in total. The second-order valence-electron chi connectivity index (χ2n) is 7.47. The minimum atomic E-state index is -1.05. The number of methoxy groups -OCH3 is 1. The first kappa shape index (κ1) is 20.6. The lowest BCUT2D eigenvalue weighted by molar-refractivity contribution is -0.119. The molecule has 1 aromatic carbocycles. The number of ether oxygens (including phenoxy) is 1. The van der Waals surface area contributed by atoms with Gasteiger partial charge in [-0.05, 0) is 44.5 Å². The van der Waals surface area contributed by atoms with E-state index < -0.39 is 6.09 Å². The molecule has 0 radical (unpaired) electrons. The number of aryl methyl sites for hydroxylation is 2. The molecular weight excluding hydrogens is 370 g/mol. The molecule has 1 aliphatic rings. The highest BCUT2D eigenvalue weighted by Gasteiger charge is 2.22. The number of anilines is 2. The van der Waals surface area contributed by atoms with Crippen molar-refractivity contribution in [3.63, 3.8) is 0 Å². The molecule has 0 unspecified atom stereocenters. The zero-order valence-corrected chi connectivity index (χ0v) is 17.4. The van der Waals surface area contributed by atoms with Crippen LogP contribution in [0.5, 0.6) is 5.75 Å². The van der Waals surface area contributed by atoms with Gasteiger partial charge >= 0.3 is 6.09 Å². The average molecular weight is 397 g/mol. The van der Waals surface area contributed by atoms with Crippen molar-refractivity contribution in [1.29, 1.82) is 0 Å². The number of aromatic nitrogens is 1. The van der Waals surface area contributed by atoms with Crippen LogP contribution >= 0.6 is 0 Å². The number of ketones is 1. The monoisotopic (exact) mass is 397 g/mol. The summed E-state index contributed by atoms with van der Waals surface area (Å²) < 4.78 is 5.45. The second-order valence-corrected chi connectivity index (χ2v) is 7.47. The fraction of sp³-hybridized carbons (Fsp3) is 0.409. The molecule has 1 saturated heterocycles. The van der Waals surface area contributed by atoms with Crippen LogP contribution < -0.4 is 14.5 Å². The number of piperidine rings is 1. The molecule has 0 spiro atoms. The molecule has 0 bridgehead atoms. The standard InChI is InChI=1S/C22H27N3O4/c1-14-9-17(24-7-5-19(26)6-8-24)11-18(10-14)25(22(27)28)13-20-16(3)21(29-4)15(2)12-23-20/h9-12H,5-8,13H2,1-4H3,(H,27,28). The van der Waals surface area contributed by atoms with Crippen molar-refractivity contribution in [2.24, 2.45) is 0 Å². The van der Waals surface area contributed by atoms with Gasteiger partial charge in [0.25, 0.3) is 0 Å². The third kappa shape index (κ3) is 4.50. The molecular formula is C22H27N3O4. The van der Waals surface area contributed by atoms with E-state index >= 15 is 0 Å². The minimum absolute atomic E-state index is 0.124. The molecule has 1 fully saturated rings. The van der Waals surface area contributed by atoms with Crippen molar-refractivity contribution < 1.29 is 19.4 Å². The van der Waals surface area contributed by atoms with E-state index in [2.05, 4.69) is 9.88 Å². The summed E-state index contributed by atoms with van der Waals surface area (Å²) in [6, 6.07) is 5.75. The summed E-state index contributed by atoms with van der Waals surface area (Å²) in [4.78, 5) is 31.5. The summed E-state index contributed by atoms with van der Waals surface area (Å²) in [5.74, 6) is 0.999. The number of pyridine rings is 1. The Morgan fingerprint density at radius 3 is 2.52 bits per heavy atom. The zero-order chi connectivity index (χ0) is 21.1. The lowest BCUT2D eigenvalue weighted by Gasteiger charge is -2.30. The van der Waals surface area contributed by atoms with Crippen LogP contribution in [0.15, 0.2) is 24.4 Å². The largest absolute Gasteiger partial charge is 0.496 e. The molecule has 0 aliphatic carbocycles. The number of amides is 1. The van der Waals surface area contributed by atoms with Crippen LogP contribution in [-0.2, 0) is 11.3 Å². The van der Waals surface area contributed by atoms with E-state index in [1.165, 1.54) is 4.90 Å². The number of nitrogens with zero attached hydrogens (tertiary/aromatic N) is 3. The molecule has 0 saturated carbocycles. The Morgan fingerprint density at radius 1 is 1.21 bits per heavy atom. The van der Waals surface area contributed by atoms with E-state index in [-0.39, 0.29) is 12.3 Å². The highest BCUT2D eigenvalue weighted by atomic mass is 16.5. The van der Waals surface area contributed by atoms with Crippen LogP contribution in [0.2, 0.25) is 0 Å². The van der Waals surface area contributed by atoms with Gasteiger partial charge in [-0.2, -0.15) is 0 Å². The van der Waals surface area contributed by atoms with Gasteiger partial charge in [0, 0.05) is 54.6 Å². The second kappa shape index (κ2) is 8.51. The molecule has 1 aliphatic heterocycles. The van der Waals surface area contributed by atoms with Crippen molar-refractivity contribution in [2.75, 3.05) is 30.0 Å². The molecule has 3 rings (SSSR count). The van der Waals surface area contributed by atoms with E-state index in [9.17, 15) is 14.7 Å². The average Bonchev–Trinajstić information content (AvgIpc) is 2.67. The van der Waals surface area contributed by atoms with Gasteiger partial charge in [-0.15, -0.1) is 0 Å². The molecule has 2 heterocycles. The van der Waals surface area contributed by atoms with E-state index in [0.29, 0.717) is 37.3 Å². The fourth-order valence-corrected chi connectivity index (χ4v) is 3.75. The molecule has 0 atom stereocenters. The molecule has 7 nitrogen and oxygen atoms in total. The highest BCUT2D eigenvalue weighted by molar-refractivity contribution is 5.87. The van der Waals surface area contributed by atoms with Gasteiger partial charge < -0.3 is 14.7 Å². The fourth-order valence-electron chi connectivity index (χ4n) is 3.75. The van der Waals surface area contributed by atoms with Crippen molar-refractivity contribution >= 4 is 23.3 Å². The summed E-state index contributed by atoms with van der Waals surface area (Å²) in [7, 11) is 1.60. The Kier molecular flexibility index (Phi) is 6.06. The lowest BCUT2D eigenvalue weighted by atomic mass is 10.1. The van der Waals surface area contributed by atoms with E-state index in [0.717, 1.165) is 28.1 Å². The quantitative estimate of drug-likeness (QED) is 0.825. The molecule has 2 aromatic rings. The molecule has 29 heavy (non-hydrogen) atoms.